The van der Waals surface area contributed by atoms with E-state index in [0.717, 1.165) is 24.1 Å². The predicted octanol–water partition coefficient (Wildman–Crippen LogP) is 2.58. The summed E-state index contributed by atoms with van der Waals surface area (Å²) in [6.07, 6.45) is 1.63. The molecule has 2 unspecified atom stereocenters. The van der Waals surface area contributed by atoms with Crippen molar-refractivity contribution in [2.75, 3.05) is 25.0 Å². The van der Waals surface area contributed by atoms with Crippen LogP contribution in [0.15, 0.2) is 48.5 Å². The summed E-state index contributed by atoms with van der Waals surface area (Å²) in [5, 5.41) is 5.86. The van der Waals surface area contributed by atoms with Gasteiger partial charge in [-0.05, 0) is 43.4 Å². The Kier molecular flexibility index (Phi) is 5.43. The van der Waals surface area contributed by atoms with E-state index in [1.165, 1.54) is 5.56 Å². The normalized spacial score (nSPS) is 19.0. The molecule has 2 N–H and O–H groups in total. The van der Waals surface area contributed by atoms with Gasteiger partial charge in [0.05, 0.1) is 24.8 Å². The summed E-state index contributed by atoms with van der Waals surface area (Å²) in [4.78, 5) is 27.0. The van der Waals surface area contributed by atoms with Crippen LogP contribution in [0.4, 0.5) is 5.69 Å². The lowest BCUT2D eigenvalue weighted by molar-refractivity contribution is -0.127. The maximum absolute atomic E-state index is 13.0. The minimum atomic E-state index is -0.640. The second kappa shape index (κ2) is 8.15. The van der Waals surface area contributed by atoms with Gasteiger partial charge in [0.25, 0.3) is 5.91 Å². The van der Waals surface area contributed by atoms with Crippen LogP contribution in [0.5, 0.6) is 5.75 Å². The Bertz CT molecular complexity index is 892. The first-order valence-corrected chi connectivity index (χ1v) is 10.1. The van der Waals surface area contributed by atoms with Crippen LogP contribution in [0.1, 0.15) is 30.0 Å². The largest absolute Gasteiger partial charge is 0.477 e. The number of carbonyl (C=O) groups excluding carboxylic acids is 2. The average molecular weight is 393 g/mol. The van der Waals surface area contributed by atoms with Crippen LogP contribution in [0.25, 0.3) is 0 Å². The molecule has 1 heterocycles. The molecule has 0 bridgehead atoms. The lowest BCUT2D eigenvalue weighted by atomic mass is 10.0. The number of fused-ring (bicyclic) bond motifs is 1. The minimum absolute atomic E-state index is 0.0362. The van der Waals surface area contributed by atoms with Crippen molar-refractivity contribution in [1.29, 1.82) is 0 Å². The van der Waals surface area contributed by atoms with Crippen molar-refractivity contribution in [1.82, 2.24) is 10.6 Å². The molecule has 2 aromatic carbocycles. The molecule has 2 aromatic rings. The molecule has 0 saturated heterocycles. The second-order valence-corrected chi connectivity index (χ2v) is 7.86. The second-order valence-electron chi connectivity index (χ2n) is 7.86. The molecule has 6 nitrogen and oxygen atoms in total. The van der Waals surface area contributed by atoms with Crippen LogP contribution in [0.3, 0.4) is 0 Å². The number of likely N-dealkylation sites (N-methyl/N-ethyl adjacent to an activating group) is 1. The van der Waals surface area contributed by atoms with E-state index in [0.29, 0.717) is 18.2 Å². The minimum Gasteiger partial charge on any atom is -0.477 e. The lowest BCUT2D eigenvalue weighted by Crippen LogP contribution is -2.51. The van der Waals surface area contributed by atoms with Crippen molar-refractivity contribution < 1.29 is 14.3 Å². The van der Waals surface area contributed by atoms with Crippen LogP contribution >= 0.6 is 0 Å². The van der Waals surface area contributed by atoms with Crippen molar-refractivity contribution in [3.05, 3.63) is 59.7 Å². The highest BCUT2D eigenvalue weighted by Crippen LogP contribution is 2.41. The van der Waals surface area contributed by atoms with Gasteiger partial charge in [-0.25, -0.2) is 0 Å². The van der Waals surface area contributed by atoms with Crippen LogP contribution in [0, 0.1) is 12.8 Å². The molecular formula is C23H27N3O3. The van der Waals surface area contributed by atoms with E-state index in [4.69, 9.17) is 4.74 Å². The monoisotopic (exact) mass is 393 g/mol. The Morgan fingerprint density at radius 1 is 1.14 bits per heavy atom. The molecule has 2 amide bonds. The number of amides is 2. The van der Waals surface area contributed by atoms with Gasteiger partial charge < -0.3 is 20.3 Å². The third-order valence-electron chi connectivity index (χ3n) is 5.58. The first kappa shape index (κ1) is 19.3. The van der Waals surface area contributed by atoms with Crippen molar-refractivity contribution in [2.45, 2.75) is 31.9 Å². The molecule has 2 aliphatic rings. The Labute approximate surface area is 171 Å². The number of benzene rings is 2. The highest BCUT2D eigenvalue weighted by Gasteiger charge is 2.35. The Morgan fingerprint density at radius 2 is 1.86 bits per heavy atom. The SMILES string of the molecule is CNC(=O)C1CN(CC(=O)NC(c2ccc(C)cc2)C2CC2)c2ccccc2O1. The fraction of sp³-hybridized carbons (Fsp3) is 0.391. The Balaban J connectivity index is 1.49. The number of hydrogen-bond donors (Lipinski definition) is 2. The highest BCUT2D eigenvalue weighted by atomic mass is 16.5. The van der Waals surface area contributed by atoms with Gasteiger partial charge in [-0.3, -0.25) is 9.59 Å². The van der Waals surface area contributed by atoms with Gasteiger partial charge in [-0.1, -0.05) is 42.0 Å². The Hall–Kier alpha value is -3.02. The third kappa shape index (κ3) is 4.36. The summed E-state index contributed by atoms with van der Waals surface area (Å²) >= 11 is 0. The predicted molar refractivity (Wildman–Crippen MR) is 112 cm³/mol. The molecule has 2 atom stereocenters. The van der Waals surface area contributed by atoms with E-state index in [1.807, 2.05) is 29.2 Å². The molecule has 1 saturated carbocycles. The molecule has 29 heavy (non-hydrogen) atoms. The van der Waals surface area contributed by atoms with Crippen molar-refractivity contribution in [3.63, 3.8) is 0 Å². The molecule has 152 valence electrons. The number of nitrogens with zero attached hydrogens (tertiary/aromatic N) is 1. The van der Waals surface area contributed by atoms with Gasteiger partial charge in [-0.2, -0.15) is 0 Å². The maximum atomic E-state index is 13.0. The first-order chi connectivity index (χ1) is 14.0. The number of carbonyl (C=O) groups is 2. The van der Waals surface area contributed by atoms with E-state index in [-0.39, 0.29) is 24.4 Å². The van der Waals surface area contributed by atoms with E-state index in [2.05, 4.69) is 41.8 Å². The quantitative estimate of drug-likeness (QED) is 0.791. The topological polar surface area (TPSA) is 70.7 Å². The number of ether oxygens (including phenoxy) is 1. The molecule has 0 radical (unpaired) electrons. The summed E-state index contributed by atoms with van der Waals surface area (Å²) < 4.78 is 5.82. The summed E-state index contributed by atoms with van der Waals surface area (Å²) in [5.74, 6) is 0.880. The zero-order valence-corrected chi connectivity index (χ0v) is 16.9. The molecular weight excluding hydrogens is 366 g/mol. The van der Waals surface area contributed by atoms with Gasteiger partial charge >= 0.3 is 0 Å². The van der Waals surface area contributed by atoms with Crippen LogP contribution < -0.4 is 20.3 Å². The standard InChI is InChI=1S/C23H27N3O3/c1-15-7-9-16(10-8-15)22(17-11-12-17)25-21(27)14-26-13-20(23(28)24-2)29-19-6-4-3-5-18(19)26/h3-10,17,20,22H,11-14H2,1-2H3,(H,24,28)(H,25,27). The van der Waals surface area contributed by atoms with Gasteiger partial charge in [0.2, 0.25) is 5.91 Å². The first-order valence-electron chi connectivity index (χ1n) is 10.1. The molecule has 1 fully saturated rings. The van der Waals surface area contributed by atoms with Gasteiger partial charge in [0.15, 0.2) is 6.10 Å². The summed E-state index contributed by atoms with van der Waals surface area (Å²) in [6, 6.07) is 15.9. The van der Waals surface area contributed by atoms with Crippen LogP contribution in [-0.4, -0.2) is 38.1 Å². The van der Waals surface area contributed by atoms with E-state index >= 15 is 0 Å². The number of nitrogens with one attached hydrogen (secondary N) is 2. The number of rotatable bonds is 6. The molecule has 0 spiro atoms. The fourth-order valence-electron chi connectivity index (χ4n) is 3.82. The van der Waals surface area contributed by atoms with E-state index < -0.39 is 6.10 Å². The molecule has 4 rings (SSSR count). The molecule has 1 aliphatic heterocycles. The highest BCUT2D eigenvalue weighted by molar-refractivity contribution is 5.86. The van der Waals surface area contributed by atoms with E-state index in [1.54, 1.807) is 7.05 Å². The summed E-state index contributed by atoms with van der Waals surface area (Å²) in [6.45, 7) is 2.58. The van der Waals surface area contributed by atoms with Crippen molar-refractivity contribution in [2.24, 2.45) is 5.92 Å². The third-order valence-corrected chi connectivity index (χ3v) is 5.58. The van der Waals surface area contributed by atoms with Gasteiger partial charge in [0, 0.05) is 7.05 Å². The van der Waals surface area contributed by atoms with Crippen molar-refractivity contribution in [3.8, 4) is 5.75 Å². The van der Waals surface area contributed by atoms with Gasteiger partial charge in [0.1, 0.15) is 5.75 Å². The summed E-state index contributed by atoms with van der Waals surface area (Å²) in [7, 11) is 1.59. The van der Waals surface area contributed by atoms with Crippen LogP contribution in [0.2, 0.25) is 0 Å². The maximum Gasteiger partial charge on any atom is 0.262 e. The number of anilines is 1. The number of hydrogen-bond acceptors (Lipinski definition) is 4. The molecule has 6 heteroatoms. The zero-order chi connectivity index (χ0) is 20.4. The molecule has 1 aliphatic carbocycles. The smallest absolute Gasteiger partial charge is 0.262 e. The fourth-order valence-corrected chi connectivity index (χ4v) is 3.82. The lowest BCUT2D eigenvalue weighted by Gasteiger charge is -2.35. The zero-order valence-electron chi connectivity index (χ0n) is 16.9. The average Bonchev–Trinajstić information content (AvgIpc) is 3.57. The number of para-hydroxylation sites is 2. The number of aryl methyl sites for hydroxylation is 1. The Morgan fingerprint density at radius 3 is 2.55 bits per heavy atom. The van der Waals surface area contributed by atoms with Gasteiger partial charge in [-0.15, -0.1) is 0 Å². The van der Waals surface area contributed by atoms with Crippen molar-refractivity contribution >= 4 is 17.5 Å². The summed E-state index contributed by atoms with van der Waals surface area (Å²) in [5.41, 5.74) is 3.19. The molecule has 0 aromatic heterocycles. The van der Waals surface area contributed by atoms with E-state index in [9.17, 15) is 9.59 Å². The van der Waals surface area contributed by atoms with Crippen LogP contribution in [-0.2, 0) is 9.59 Å².